The van der Waals surface area contributed by atoms with Crippen LogP contribution in [0.3, 0.4) is 0 Å². The summed E-state index contributed by atoms with van der Waals surface area (Å²) in [7, 11) is 1.76. The zero-order valence-electron chi connectivity index (χ0n) is 22.4. The van der Waals surface area contributed by atoms with E-state index in [1.807, 2.05) is 48.5 Å². The van der Waals surface area contributed by atoms with Crippen LogP contribution in [0.25, 0.3) is 0 Å². The van der Waals surface area contributed by atoms with Crippen LogP contribution in [-0.4, -0.2) is 59.8 Å². The van der Waals surface area contributed by atoms with Crippen molar-refractivity contribution in [1.29, 1.82) is 0 Å². The molecule has 1 aromatic heterocycles. The third-order valence-electron chi connectivity index (χ3n) is 7.54. The molecule has 0 radical (unpaired) electrons. The van der Waals surface area contributed by atoms with E-state index in [0.29, 0.717) is 18.2 Å². The first-order valence-corrected chi connectivity index (χ1v) is 13.6. The molecular weight excluding hydrogens is 494 g/mol. The van der Waals surface area contributed by atoms with Crippen LogP contribution in [-0.2, 0) is 27.4 Å². The number of amides is 1. The molecule has 1 amide bonds. The second-order valence-corrected chi connectivity index (χ2v) is 10.3. The molecule has 0 saturated carbocycles. The summed E-state index contributed by atoms with van der Waals surface area (Å²) in [6, 6.07) is 19.9. The zero-order chi connectivity index (χ0) is 27.0. The van der Waals surface area contributed by atoms with Crippen LogP contribution in [0.15, 0.2) is 73.1 Å². The lowest BCUT2D eigenvalue weighted by atomic mass is 9.99. The van der Waals surface area contributed by atoms with E-state index in [9.17, 15) is 9.90 Å². The van der Waals surface area contributed by atoms with Crippen molar-refractivity contribution in [1.82, 2.24) is 15.2 Å². The molecule has 8 nitrogen and oxygen atoms in total. The Labute approximate surface area is 229 Å². The predicted octanol–water partition coefficient (Wildman–Crippen LogP) is 4.16. The highest BCUT2D eigenvalue weighted by molar-refractivity contribution is 5.93. The lowest BCUT2D eigenvalue weighted by Gasteiger charge is -2.38. The molecule has 39 heavy (non-hydrogen) atoms. The van der Waals surface area contributed by atoms with Gasteiger partial charge in [0.2, 0.25) is 0 Å². The molecular formula is C31H37N3O5. The summed E-state index contributed by atoms with van der Waals surface area (Å²) < 4.78 is 18.5. The average molecular weight is 532 g/mol. The molecule has 2 saturated heterocycles. The van der Waals surface area contributed by atoms with Gasteiger partial charge in [0.15, 0.2) is 6.29 Å². The van der Waals surface area contributed by atoms with Crippen LogP contribution < -0.4 is 5.32 Å². The van der Waals surface area contributed by atoms with Gasteiger partial charge in [-0.3, -0.25) is 14.7 Å². The minimum atomic E-state index is -0.506. The van der Waals surface area contributed by atoms with E-state index in [1.54, 1.807) is 31.6 Å². The summed E-state index contributed by atoms with van der Waals surface area (Å²) in [5, 5.41) is 12.4. The number of nitrogens with one attached hydrogen (secondary N) is 1. The van der Waals surface area contributed by atoms with E-state index in [1.165, 1.54) is 6.42 Å². The number of carbonyl (C=O) groups excluding carboxylic acids is 1. The van der Waals surface area contributed by atoms with Gasteiger partial charge in [0, 0.05) is 50.6 Å². The van der Waals surface area contributed by atoms with Gasteiger partial charge in [-0.15, -0.1) is 0 Å². The quantitative estimate of drug-likeness (QED) is 0.406. The summed E-state index contributed by atoms with van der Waals surface area (Å²) in [5.41, 5.74) is 4.42. The lowest BCUT2D eigenvalue weighted by molar-refractivity contribution is -0.253. The second kappa shape index (κ2) is 13.3. The molecule has 5 rings (SSSR count). The lowest BCUT2D eigenvalue weighted by Crippen LogP contribution is -2.42. The van der Waals surface area contributed by atoms with Gasteiger partial charge in [0.25, 0.3) is 5.91 Å². The third kappa shape index (κ3) is 7.09. The molecule has 4 atom stereocenters. The number of aromatic nitrogens is 1. The van der Waals surface area contributed by atoms with Gasteiger partial charge in [-0.25, -0.2) is 0 Å². The van der Waals surface area contributed by atoms with E-state index >= 15 is 0 Å². The summed E-state index contributed by atoms with van der Waals surface area (Å²) in [5.74, 6) is -0.155. The van der Waals surface area contributed by atoms with Crippen molar-refractivity contribution < 1.29 is 24.1 Å². The third-order valence-corrected chi connectivity index (χ3v) is 7.54. The highest BCUT2D eigenvalue weighted by atomic mass is 16.7. The number of aliphatic hydroxyl groups excluding tert-OH is 1. The van der Waals surface area contributed by atoms with Crippen LogP contribution >= 0.6 is 0 Å². The number of hydrogen-bond acceptors (Lipinski definition) is 7. The van der Waals surface area contributed by atoms with Crippen molar-refractivity contribution in [3.05, 3.63) is 101 Å². The van der Waals surface area contributed by atoms with Crippen molar-refractivity contribution in [2.75, 3.05) is 26.8 Å². The number of ether oxygens (including phenoxy) is 3. The fourth-order valence-electron chi connectivity index (χ4n) is 5.39. The summed E-state index contributed by atoms with van der Waals surface area (Å²) in [6.07, 6.45) is 5.65. The maximum absolute atomic E-state index is 12.4. The molecule has 206 valence electrons. The van der Waals surface area contributed by atoms with E-state index in [-0.39, 0.29) is 24.7 Å². The molecule has 8 heteroatoms. The molecule has 2 aromatic carbocycles. The Morgan fingerprint density at radius 1 is 1.08 bits per heavy atom. The molecule has 3 aromatic rings. The Kier molecular flexibility index (Phi) is 9.34. The normalized spacial score (nSPS) is 23.5. The van der Waals surface area contributed by atoms with Crippen molar-refractivity contribution in [2.24, 2.45) is 0 Å². The molecule has 3 heterocycles. The van der Waals surface area contributed by atoms with Gasteiger partial charge >= 0.3 is 0 Å². The van der Waals surface area contributed by atoms with Crippen LogP contribution in [0.5, 0.6) is 0 Å². The van der Waals surface area contributed by atoms with Gasteiger partial charge < -0.3 is 24.6 Å². The van der Waals surface area contributed by atoms with E-state index < -0.39 is 6.29 Å². The number of likely N-dealkylation sites (tertiary alicyclic amines) is 1. The van der Waals surface area contributed by atoms with Crippen LogP contribution in [0.2, 0.25) is 0 Å². The molecule has 4 unspecified atom stereocenters. The molecule has 2 aliphatic heterocycles. The van der Waals surface area contributed by atoms with Crippen molar-refractivity contribution in [3.63, 3.8) is 0 Å². The molecule has 2 fully saturated rings. The first-order chi connectivity index (χ1) is 19.1. The number of hydrogen-bond donors (Lipinski definition) is 2. The summed E-state index contributed by atoms with van der Waals surface area (Å²) in [6.45, 7) is 3.05. The molecule has 2 aliphatic rings. The number of carbonyl (C=O) groups is 1. The smallest absolute Gasteiger partial charge is 0.253 e. The number of benzene rings is 2. The molecule has 0 aliphatic carbocycles. The number of pyridine rings is 1. The Morgan fingerprint density at radius 2 is 1.85 bits per heavy atom. The highest BCUT2D eigenvalue weighted by Gasteiger charge is 2.35. The predicted molar refractivity (Wildman–Crippen MR) is 147 cm³/mol. The Morgan fingerprint density at radius 3 is 2.56 bits per heavy atom. The van der Waals surface area contributed by atoms with Crippen molar-refractivity contribution in [3.8, 4) is 0 Å². The minimum Gasteiger partial charge on any atom is -0.392 e. The topological polar surface area (TPSA) is 93.2 Å². The van der Waals surface area contributed by atoms with Crippen LogP contribution in [0.1, 0.15) is 64.3 Å². The van der Waals surface area contributed by atoms with Gasteiger partial charge in [0.05, 0.1) is 31.0 Å². The van der Waals surface area contributed by atoms with Gasteiger partial charge in [-0.05, 0) is 48.2 Å². The monoisotopic (exact) mass is 531 g/mol. The number of nitrogens with zero attached hydrogens (tertiary/aromatic N) is 2. The van der Waals surface area contributed by atoms with Crippen LogP contribution in [0, 0.1) is 0 Å². The summed E-state index contributed by atoms with van der Waals surface area (Å²) >= 11 is 0. The standard InChI is InChI=1S/C31H37N3O5/c1-37-21-27-5-3-15-34(27)19-28-16-29(24-10-8-23(20-35)9-11-24)39-31(38-28)25-12-6-22(7-13-25)17-33-30(36)26-4-2-14-32-18-26/h2,4,6-14,18,27-29,31,35H,3,5,15-17,19-21H2,1H3,(H,33,36). The SMILES string of the molecule is COCC1CCCN1CC1CC(c2ccc(CO)cc2)OC(c2ccc(CNC(=O)c3cccnc3)cc2)O1. The fourth-order valence-corrected chi connectivity index (χ4v) is 5.39. The Bertz CT molecular complexity index is 1190. The Hall–Kier alpha value is -3.14. The average Bonchev–Trinajstić information content (AvgIpc) is 3.43. The first kappa shape index (κ1) is 27.4. The fraction of sp³-hybridized carbons (Fsp3) is 0.419. The van der Waals surface area contributed by atoms with E-state index in [4.69, 9.17) is 14.2 Å². The second-order valence-electron chi connectivity index (χ2n) is 10.3. The zero-order valence-corrected chi connectivity index (χ0v) is 22.4. The number of aliphatic hydroxyl groups is 1. The molecule has 0 bridgehead atoms. The highest BCUT2D eigenvalue weighted by Crippen LogP contribution is 2.38. The minimum absolute atomic E-state index is 0.00201. The van der Waals surface area contributed by atoms with Crippen molar-refractivity contribution in [2.45, 2.75) is 57.0 Å². The molecule has 2 N–H and O–H groups in total. The number of methoxy groups -OCH3 is 1. The maximum atomic E-state index is 12.4. The van der Waals surface area contributed by atoms with E-state index in [2.05, 4.69) is 15.2 Å². The Balaban J connectivity index is 1.28. The van der Waals surface area contributed by atoms with E-state index in [0.717, 1.165) is 54.8 Å². The summed E-state index contributed by atoms with van der Waals surface area (Å²) in [4.78, 5) is 18.9. The first-order valence-electron chi connectivity index (χ1n) is 13.6. The van der Waals surface area contributed by atoms with Gasteiger partial charge in [0.1, 0.15) is 0 Å². The van der Waals surface area contributed by atoms with Crippen LogP contribution in [0.4, 0.5) is 0 Å². The van der Waals surface area contributed by atoms with Crippen molar-refractivity contribution >= 4 is 5.91 Å². The number of rotatable bonds is 10. The van der Waals surface area contributed by atoms with Gasteiger partial charge in [-0.1, -0.05) is 48.5 Å². The maximum Gasteiger partial charge on any atom is 0.253 e. The molecule has 0 spiro atoms. The van der Waals surface area contributed by atoms with Gasteiger partial charge in [-0.2, -0.15) is 0 Å². The largest absolute Gasteiger partial charge is 0.392 e.